The highest BCUT2D eigenvalue weighted by molar-refractivity contribution is 7.12. The predicted molar refractivity (Wildman–Crippen MR) is 59.3 cm³/mol. The largest absolute Gasteiger partial charge is 0.492 e. The SMILES string of the molecule is CCOc1ccsc1C(=O)C(C)(C)C. The van der Waals surface area contributed by atoms with Crippen molar-refractivity contribution in [2.45, 2.75) is 27.7 Å². The van der Waals surface area contributed by atoms with Crippen molar-refractivity contribution < 1.29 is 9.53 Å². The van der Waals surface area contributed by atoms with Crippen molar-refractivity contribution in [3.63, 3.8) is 0 Å². The zero-order valence-electron chi connectivity index (χ0n) is 9.09. The quantitative estimate of drug-likeness (QED) is 0.718. The Balaban J connectivity index is 2.95. The Labute approximate surface area is 88.9 Å². The molecule has 0 amide bonds. The van der Waals surface area contributed by atoms with Crippen molar-refractivity contribution >= 4 is 17.1 Å². The zero-order valence-corrected chi connectivity index (χ0v) is 9.90. The molecule has 0 unspecified atom stereocenters. The maximum atomic E-state index is 12.0. The van der Waals surface area contributed by atoms with E-state index in [4.69, 9.17) is 4.74 Å². The normalized spacial score (nSPS) is 11.4. The van der Waals surface area contributed by atoms with Gasteiger partial charge in [-0.15, -0.1) is 11.3 Å². The maximum Gasteiger partial charge on any atom is 0.181 e. The van der Waals surface area contributed by atoms with Crippen molar-refractivity contribution in [2.24, 2.45) is 5.41 Å². The Bertz CT molecular complexity index is 320. The molecule has 0 fully saturated rings. The standard InChI is InChI=1S/C11H16O2S/c1-5-13-8-6-7-14-9(8)10(12)11(2,3)4/h6-7H,5H2,1-4H3. The molecule has 0 aromatic carbocycles. The van der Waals surface area contributed by atoms with E-state index in [0.717, 1.165) is 10.6 Å². The lowest BCUT2D eigenvalue weighted by molar-refractivity contribution is 0.0859. The number of carbonyl (C=O) groups excluding carboxylic acids is 1. The van der Waals surface area contributed by atoms with Crippen molar-refractivity contribution in [1.82, 2.24) is 0 Å². The van der Waals surface area contributed by atoms with Crippen molar-refractivity contribution in [3.8, 4) is 5.75 Å². The maximum absolute atomic E-state index is 12.0. The summed E-state index contributed by atoms with van der Waals surface area (Å²) < 4.78 is 5.38. The first-order valence-electron chi connectivity index (χ1n) is 4.72. The Hall–Kier alpha value is -0.830. The summed E-state index contributed by atoms with van der Waals surface area (Å²) in [5.41, 5.74) is -0.337. The fourth-order valence-electron chi connectivity index (χ4n) is 1.07. The molecule has 0 radical (unpaired) electrons. The summed E-state index contributed by atoms with van der Waals surface area (Å²) in [6, 6.07) is 1.85. The van der Waals surface area contributed by atoms with Crippen LogP contribution in [0.25, 0.3) is 0 Å². The number of Topliss-reactive ketones (excluding diaryl/α,β-unsaturated/α-hetero) is 1. The van der Waals surface area contributed by atoms with Crippen molar-refractivity contribution in [1.29, 1.82) is 0 Å². The Kier molecular flexibility index (Phi) is 3.32. The van der Waals surface area contributed by atoms with Crippen LogP contribution in [0.3, 0.4) is 0 Å². The van der Waals surface area contributed by atoms with Gasteiger partial charge in [0.25, 0.3) is 0 Å². The second-order valence-corrected chi connectivity index (χ2v) is 5.04. The molecule has 1 aromatic heterocycles. The number of hydrogen-bond donors (Lipinski definition) is 0. The van der Waals surface area contributed by atoms with E-state index < -0.39 is 0 Å². The second kappa shape index (κ2) is 4.13. The molecule has 0 aliphatic carbocycles. The van der Waals surface area contributed by atoms with Crippen LogP contribution in [0.15, 0.2) is 11.4 Å². The third kappa shape index (κ3) is 2.35. The van der Waals surface area contributed by atoms with Crippen LogP contribution >= 0.6 is 11.3 Å². The minimum absolute atomic E-state index is 0.149. The fraction of sp³-hybridized carbons (Fsp3) is 0.545. The number of thiophene rings is 1. The lowest BCUT2D eigenvalue weighted by Crippen LogP contribution is -2.19. The van der Waals surface area contributed by atoms with Gasteiger partial charge in [-0.05, 0) is 18.4 Å². The van der Waals surface area contributed by atoms with E-state index in [0.29, 0.717) is 6.61 Å². The highest BCUT2D eigenvalue weighted by atomic mass is 32.1. The van der Waals surface area contributed by atoms with Crippen LogP contribution in [-0.4, -0.2) is 12.4 Å². The molecule has 0 saturated carbocycles. The zero-order chi connectivity index (χ0) is 10.8. The molecule has 78 valence electrons. The summed E-state index contributed by atoms with van der Waals surface area (Å²) in [5.74, 6) is 0.869. The molecule has 0 aliphatic rings. The molecule has 3 heteroatoms. The molecular weight excluding hydrogens is 196 g/mol. The van der Waals surface area contributed by atoms with Gasteiger partial charge in [-0.25, -0.2) is 0 Å². The Morgan fingerprint density at radius 3 is 2.64 bits per heavy atom. The minimum Gasteiger partial charge on any atom is -0.492 e. The van der Waals surface area contributed by atoms with Gasteiger partial charge in [0.2, 0.25) is 0 Å². The van der Waals surface area contributed by atoms with E-state index in [1.54, 1.807) is 0 Å². The second-order valence-electron chi connectivity index (χ2n) is 4.13. The van der Waals surface area contributed by atoms with E-state index >= 15 is 0 Å². The van der Waals surface area contributed by atoms with Crippen LogP contribution < -0.4 is 4.74 Å². The van der Waals surface area contributed by atoms with Crippen LogP contribution in [0.1, 0.15) is 37.4 Å². The highest BCUT2D eigenvalue weighted by Gasteiger charge is 2.26. The third-order valence-corrected chi connectivity index (χ3v) is 2.71. The van der Waals surface area contributed by atoms with Gasteiger partial charge in [-0.2, -0.15) is 0 Å². The summed E-state index contributed by atoms with van der Waals surface area (Å²) in [5, 5.41) is 1.89. The van der Waals surface area contributed by atoms with Gasteiger partial charge >= 0.3 is 0 Å². The first-order valence-corrected chi connectivity index (χ1v) is 5.60. The predicted octanol–water partition coefficient (Wildman–Crippen LogP) is 3.38. The van der Waals surface area contributed by atoms with Gasteiger partial charge in [0.05, 0.1) is 6.61 Å². The van der Waals surface area contributed by atoms with Gasteiger partial charge in [-0.3, -0.25) is 4.79 Å². The summed E-state index contributed by atoms with van der Waals surface area (Å²) in [6.45, 7) is 8.28. The van der Waals surface area contributed by atoms with E-state index in [1.165, 1.54) is 11.3 Å². The molecule has 0 bridgehead atoms. The van der Waals surface area contributed by atoms with Crippen molar-refractivity contribution in [2.75, 3.05) is 6.61 Å². The third-order valence-electron chi connectivity index (χ3n) is 1.82. The average molecular weight is 212 g/mol. The summed E-state index contributed by atoms with van der Waals surface area (Å²) in [4.78, 5) is 12.7. The van der Waals surface area contributed by atoms with Gasteiger partial charge in [0.15, 0.2) is 5.78 Å². The molecule has 1 heterocycles. The van der Waals surface area contributed by atoms with E-state index in [9.17, 15) is 4.79 Å². The molecule has 0 N–H and O–H groups in total. The number of ether oxygens (including phenoxy) is 1. The van der Waals surface area contributed by atoms with Crippen molar-refractivity contribution in [3.05, 3.63) is 16.3 Å². The Morgan fingerprint density at radius 2 is 2.14 bits per heavy atom. The molecule has 0 aliphatic heterocycles. The lowest BCUT2D eigenvalue weighted by Gasteiger charge is -2.16. The summed E-state index contributed by atoms with van der Waals surface area (Å²) in [6.07, 6.45) is 0. The molecule has 2 nitrogen and oxygen atoms in total. The first-order chi connectivity index (χ1) is 6.46. The number of carbonyl (C=O) groups is 1. The van der Waals surface area contributed by atoms with E-state index in [1.807, 2.05) is 39.1 Å². The van der Waals surface area contributed by atoms with Crippen LogP contribution in [0.5, 0.6) is 5.75 Å². The van der Waals surface area contributed by atoms with Gasteiger partial charge in [-0.1, -0.05) is 20.8 Å². The molecule has 1 aromatic rings. The van der Waals surface area contributed by atoms with Crippen LogP contribution in [0.4, 0.5) is 0 Å². The minimum atomic E-state index is -0.337. The van der Waals surface area contributed by atoms with Crippen LogP contribution in [0, 0.1) is 5.41 Å². The van der Waals surface area contributed by atoms with E-state index in [2.05, 4.69) is 0 Å². The van der Waals surface area contributed by atoms with Gasteiger partial charge in [0.1, 0.15) is 10.6 Å². The molecular formula is C11H16O2S. The monoisotopic (exact) mass is 212 g/mol. The molecule has 0 spiro atoms. The Morgan fingerprint density at radius 1 is 1.50 bits per heavy atom. The molecule has 0 atom stereocenters. The first kappa shape index (κ1) is 11.2. The smallest absolute Gasteiger partial charge is 0.181 e. The highest BCUT2D eigenvalue weighted by Crippen LogP contribution is 2.31. The van der Waals surface area contributed by atoms with Crippen LogP contribution in [0.2, 0.25) is 0 Å². The number of ketones is 1. The lowest BCUT2D eigenvalue weighted by atomic mass is 9.90. The number of hydrogen-bond acceptors (Lipinski definition) is 3. The van der Waals surface area contributed by atoms with Crippen LogP contribution in [-0.2, 0) is 0 Å². The molecule has 14 heavy (non-hydrogen) atoms. The topological polar surface area (TPSA) is 26.3 Å². The molecule has 1 rings (SSSR count). The van der Waals surface area contributed by atoms with E-state index in [-0.39, 0.29) is 11.2 Å². The average Bonchev–Trinajstić information content (AvgIpc) is 2.50. The summed E-state index contributed by atoms with van der Waals surface area (Å²) in [7, 11) is 0. The van der Waals surface area contributed by atoms with Gasteiger partial charge in [0, 0.05) is 5.41 Å². The van der Waals surface area contributed by atoms with Gasteiger partial charge < -0.3 is 4.74 Å². The molecule has 0 saturated heterocycles. The summed E-state index contributed by atoms with van der Waals surface area (Å²) >= 11 is 1.45. The fourth-order valence-corrected chi connectivity index (χ4v) is 2.06. The number of rotatable bonds is 3.